The molecule has 168 valence electrons. The lowest BCUT2D eigenvalue weighted by molar-refractivity contribution is -0.127. The van der Waals surface area contributed by atoms with Gasteiger partial charge in [0.15, 0.2) is 0 Å². The highest BCUT2D eigenvalue weighted by molar-refractivity contribution is 9.10. The molecule has 2 amide bonds. The Labute approximate surface area is 203 Å². The van der Waals surface area contributed by atoms with Crippen LogP contribution in [0, 0.1) is 18.8 Å². The third kappa shape index (κ3) is 2.65. The SMILES string of the molecule is Cc1ccc(N2C(=O)[C@H]3[C@@H](c4ccc(Br)cc4)OC4(C(=O)c5ccccc5C4=O)[C@@H]3C2=O)cc1. The molecule has 0 unspecified atom stereocenters. The summed E-state index contributed by atoms with van der Waals surface area (Å²) in [5.74, 6) is -4.43. The number of halogens is 1. The molecule has 2 heterocycles. The summed E-state index contributed by atoms with van der Waals surface area (Å²) in [4.78, 5) is 56.1. The van der Waals surface area contributed by atoms with Crippen molar-refractivity contribution in [3.63, 3.8) is 0 Å². The first kappa shape index (κ1) is 21.1. The van der Waals surface area contributed by atoms with Crippen molar-refractivity contribution in [3.05, 3.63) is 99.5 Å². The Morgan fingerprint density at radius 1 is 0.794 bits per heavy atom. The zero-order valence-electron chi connectivity index (χ0n) is 18.0. The van der Waals surface area contributed by atoms with Gasteiger partial charge >= 0.3 is 0 Å². The summed E-state index contributed by atoms with van der Waals surface area (Å²) in [6.07, 6.45) is -0.924. The summed E-state index contributed by atoms with van der Waals surface area (Å²) in [7, 11) is 0. The predicted molar refractivity (Wildman–Crippen MR) is 126 cm³/mol. The summed E-state index contributed by atoms with van der Waals surface area (Å²) in [6, 6.07) is 20.6. The van der Waals surface area contributed by atoms with Gasteiger partial charge in [0.2, 0.25) is 29.0 Å². The standard InChI is InChI=1S/C27H18BrNO5/c1-14-6-12-17(13-7-14)29-25(32)20-21(26(29)33)27(34-22(20)15-8-10-16(28)11-9-15)23(30)18-4-2-3-5-19(18)24(27)31/h2-13,20-22H,1H3/t20-,21+,22-/m1/s1. The largest absolute Gasteiger partial charge is 0.349 e. The van der Waals surface area contributed by atoms with Crippen molar-refractivity contribution >= 4 is 45.0 Å². The number of carbonyl (C=O) groups excluding carboxylic acids is 4. The minimum absolute atomic E-state index is 0.219. The van der Waals surface area contributed by atoms with E-state index in [0.717, 1.165) is 14.9 Å². The van der Waals surface area contributed by atoms with E-state index < -0.39 is 46.9 Å². The molecule has 0 aromatic heterocycles. The Morgan fingerprint density at radius 2 is 1.38 bits per heavy atom. The smallest absolute Gasteiger partial charge is 0.241 e. The van der Waals surface area contributed by atoms with Crippen LogP contribution in [0.3, 0.4) is 0 Å². The van der Waals surface area contributed by atoms with Crippen molar-refractivity contribution in [2.24, 2.45) is 11.8 Å². The Balaban J connectivity index is 1.54. The van der Waals surface area contributed by atoms with Crippen LogP contribution < -0.4 is 4.90 Å². The Morgan fingerprint density at radius 3 is 1.97 bits per heavy atom. The number of hydrogen-bond donors (Lipinski definition) is 0. The first-order valence-electron chi connectivity index (χ1n) is 10.9. The molecule has 2 saturated heterocycles. The van der Waals surface area contributed by atoms with Gasteiger partial charge < -0.3 is 4.74 Å². The number of amides is 2. The number of aryl methyl sites for hydroxylation is 1. The molecular weight excluding hydrogens is 498 g/mol. The van der Waals surface area contributed by atoms with E-state index in [4.69, 9.17) is 4.74 Å². The van der Waals surface area contributed by atoms with E-state index in [-0.39, 0.29) is 11.1 Å². The number of Topliss-reactive ketones (excluding diaryl/α,β-unsaturated/α-hetero) is 2. The van der Waals surface area contributed by atoms with Gasteiger partial charge in [-0.25, -0.2) is 4.90 Å². The number of hydrogen-bond acceptors (Lipinski definition) is 5. The van der Waals surface area contributed by atoms with Crippen molar-refractivity contribution in [3.8, 4) is 0 Å². The highest BCUT2D eigenvalue weighted by Crippen LogP contribution is 2.57. The maximum absolute atomic E-state index is 13.8. The molecule has 0 bridgehead atoms. The number of carbonyl (C=O) groups is 4. The maximum atomic E-state index is 13.8. The predicted octanol–water partition coefficient (Wildman–Crippen LogP) is 4.45. The molecule has 3 atom stereocenters. The van der Waals surface area contributed by atoms with E-state index in [1.807, 2.05) is 19.1 Å². The Bertz CT molecular complexity index is 1360. The number of anilines is 1. The maximum Gasteiger partial charge on any atom is 0.241 e. The molecule has 0 saturated carbocycles. The van der Waals surface area contributed by atoms with E-state index in [1.54, 1.807) is 60.7 Å². The van der Waals surface area contributed by atoms with Gasteiger partial charge in [0.1, 0.15) is 0 Å². The number of ether oxygens (including phenoxy) is 1. The van der Waals surface area contributed by atoms with Crippen molar-refractivity contribution in [1.29, 1.82) is 0 Å². The van der Waals surface area contributed by atoms with Gasteiger partial charge in [0.25, 0.3) is 0 Å². The highest BCUT2D eigenvalue weighted by atomic mass is 79.9. The molecule has 2 fully saturated rings. The molecule has 0 N–H and O–H groups in total. The molecule has 1 aliphatic carbocycles. The average Bonchev–Trinajstić information content (AvgIpc) is 3.40. The molecule has 3 aromatic carbocycles. The first-order valence-corrected chi connectivity index (χ1v) is 11.7. The minimum atomic E-state index is -2.06. The van der Waals surface area contributed by atoms with E-state index in [1.165, 1.54) is 0 Å². The summed E-state index contributed by atoms with van der Waals surface area (Å²) < 4.78 is 7.10. The molecule has 3 aromatic rings. The van der Waals surface area contributed by atoms with Gasteiger partial charge in [0.05, 0.1) is 23.6 Å². The molecule has 6 nitrogen and oxygen atoms in total. The van der Waals surface area contributed by atoms with Gasteiger partial charge in [-0.2, -0.15) is 0 Å². The third-order valence-electron chi connectivity index (χ3n) is 7.01. The molecule has 6 rings (SSSR count). The van der Waals surface area contributed by atoms with Gasteiger partial charge in [-0.3, -0.25) is 19.2 Å². The zero-order valence-corrected chi connectivity index (χ0v) is 19.6. The molecule has 0 radical (unpaired) electrons. The van der Waals surface area contributed by atoms with Crippen LogP contribution in [-0.2, 0) is 14.3 Å². The van der Waals surface area contributed by atoms with Crippen LogP contribution in [0.15, 0.2) is 77.3 Å². The number of rotatable bonds is 2. The molecule has 1 spiro atoms. The lowest BCUT2D eigenvalue weighted by atomic mass is 9.77. The highest BCUT2D eigenvalue weighted by Gasteiger charge is 2.74. The number of ketones is 2. The Kier molecular flexibility index (Phi) is 4.53. The lowest BCUT2D eigenvalue weighted by Gasteiger charge is -2.27. The van der Waals surface area contributed by atoms with Crippen LogP contribution in [0.1, 0.15) is 37.9 Å². The summed E-state index contributed by atoms with van der Waals surface area (Å²) in [6.45, 7) is 1.91. The summed E-state index contributed by atoms with van der Waals surface area (Å²) in [5.41, 5.74) is 0.396. The second-order valence-corrected chi connectivity index (χ2v) is 9.80. The molecule has 3 aliphatic rings. The Hall–Kier alpha value is -3.42. The van der Waals surface area contributed by atoms with Gasteiger partial charge in [-0.05, 0) is 36.8 Å². The van der Waals surface area contributed by atoms with Gasteiger partial charge in [0, 0.05) is 15.6 Å². The molecular formula is C27H18BrNO5. The van der Waals surface area contributed by atoms with E-state index >= 15 is 0 Å². The normalized spacial score (nSPS) is 24.8. The second-order valence-electron chi connectivity index (χ2n) is 8.88. The second kappa shape index (κ2) is 7.29. The molecule has 34 heavy (non-hydrogen) atoms. The van der Waals surface area contributed by atoms with Gasteiger partial charge in [-0.1, -0.05) is 70.0 Å². The van der Waals surface area contributed by atoms with Crippen molar-refractivity contribution < 1.29 is 23.9 Å². The van der Waals surface area contributed by atoms with E-state index in [0.29, 0.717) is 11.3 Å². The fourth-order valence-electron chi connectivity index (χ4n) is 5.42. The zero-order chi connectivity index (χ0) is 23.8. The molecule has 7 heteroatoms. The van der Waals surface area contributed by atoms with E-state index in [2.05, 4.69) is 15.9 Å². The monoisotopic (exact) mass is 515 g/mol. The van der Waals surface area contributed by atoms with Crippen molar-refractivity contribution in [2.45, 2.75) is 18.6 Å². The minimum Gasteiger partial charge on any atom is -0.349 e. The topological polar surface area (TPSA) is 80.8 Å². The van der Waals surface area contributed by atoms with Crippen molar-refractivity contribution in [2.75, 3.05) is 4.90 Å². The fraction of sp³-hybridized carbons (Fsp3) is 0.185. The van der Waals surface area contributed by atoms with Crippen LogP contribution in [0.4, 0.5) is 5.69 Å². The number of fused-ring (bicyclic) bond motifs is 3. The number of imide groups is 1. The third-order valence-corrected chi connectivity index (χ3v) is 7.54. The lowest BCUT2D eigenvalue weighted by Crippen LogP contribution is -2.51. The van der Waals surface area contributed by atoms with Crippen LogP contribution in [0.5, 0.6) is 0 Å². The van der Waals surface area contributed by atoms with Crippen molar-refractivity contribution in [1.82, 2.24) is 0 Å². The quantitative estimate of drug-likeness (QED) is 0.372. The fourth-order valence-corrected chi connectivity index (χ4v) is 5.68. The number of nitrogens with zero attached hydrogens (tertiary/aromatic N) is 1. The van der Waals surface area contributed by atoms with Crippen LogP contribution in [0.25, 0.3) is 0 Å². The van der Waals surface area contributed by atoms with Crippen LogP contribution in [-0.4, -0.2) is 29.0 Å². The van der Waals surface area contributed by atoms with Crippen LogP contribution >= 0.6 is 15.9 Å². The van der Waals surface area contributed by atoms with Gasteiger partial charge in [-0.15, -0.1) is 0 Å². The number of benzene rings is 3. The first-order chi connectivity index (χ1) is 16.3. The van der Waals surface area contributed by atoms with Crippen LogP contribution in [0.2, 0.25) is 0 Å². The summed E-state index contributed by atoms with van der Waals surface area (Å²) >= 11 is 3.40. The van der Waals surface area contributed by atoms with E-state index in [9.17, 15) is 19.2 Å². The molecule has 2 aliphatic heterocycles. The summed E-state index contributed by atoms with van der Waals surface area (Å²) in [5, 5.41) is 0. The average molecular weight is 516 g/mol.